The maximum absolute atomic E-state index is 14.3. The van der Waals surface area contributed by atoms with Crippen LogP contribution in [0.1, 0.15) is 24.8 Å². The van der Waals surface area contributed by atoms with Crippen LogP contribution in [0.25, 0.3) is 22.7 Å². The number of halogens is 2. The minimum absolute atomic E-state index is 0.294. The SMILES string of the molecule is Fc1ccccc1-c1nnc(SCc2ncc(-c3cccc(Cl)c3)o2)n1C1CC1. The summed E-state index contributed by atoms with van der Waals surface area (Å²) in [5, 5.41) is 9.97. The van der Waals surface area contributed by atoms with Gasteiger partial charge in [0.25, 0.3) is 0 Å². The number of benzene rings is 2. The third kappa shape index (κ3) is 3.80. The maximum atomic E-state index is 14.3. The van der Waals surface area contributed by atoms with Crippen molar-refractivity contribution in [2.45, 2.75) is 29.8 Å². The molecule has 0 atom stereocenters. The summed E-state index contributed by atoms with van der Waals surface area (Å²) < 4.78 is 22.2. The lowest BCUT2D eigenvalue weighted by Crippen LogP contribution is -2.01. The molecule has 8 heteroatoms. The Balaban J connectivity index is 1.38. The van der Waals surface area contributed by atoms with E-state index in [4.69, 9.17) is 16.0 Å². The molecule has 1 aliphatic carbocycles. The van der Waals surface area contributed by atoms with Crippen molar-refractivity contribution in [3.05, 3.63) is 71.5 Å². The van der Waals surface area contributed by atoms with E-state index in [-0.39, 0.29) is 5.82 Å². The van der Waals surface area contributed by atoms with Crippen molar-refractivity contribution < 1.29 is 8.81 Å². The predicted molar refractivity (Wildman–Crippen MR) is 110 cm³/mol. The van der Waals surface area contributed by atoms with Crippen molar-refractivity contribution >= 4 is 23.4 Å². The largest absolute Gasteiger partial charge is 0.440 e. The molecule has 29 heavy (non-hydrogen) atoms. The smallest absolute Gasteiger partial charge is 0.205 e. The molecule has 1 aliphatic rings. The maximum Gasteiger partial charge on any atom is 0.205 e. The van der Waals surface area contributed by atoms with Crippen LogP contribution in [0.3, 0.4) is 0 Å². The van der Waals surface area contributed by atoms with Crippen LogP contribution < -0.4 is 0 Å². The molecule has 0 aliphatic heterocycles. The summed E-state index contributed by atoms with van der Waals surface area (Å²) in [5.41, 5.74) is 1.35. The average molecular weight is 427 g/mol. The second kappa shape index (κ2) is 7.65. The number of oxazole rings is 1. The van der Waals surface area contributed by atoms with Crippen molar-refractivity contribution in [3.8, 4) is 22.7 Å². The fourth-order valence-electron chi connectivity index (χ4n) is 3.14. The average Bonchev–Trinajstić information content (AvgIpc) is 3.30. The Hall–Kier alpha value is -2.64. The second-order valence-electron chi connectivity index (χ2n) is 6.80. The Morgan fingerprint density at radius 2 is 2.00 bits per heavy atom. The van der Waals surface area contributed by atoms with Gasteiger partial charge in [0.15, 0.2) is 16.7 Å². The van der Waals surface area contributed by atoms with Crippen molar-refractivity contribution in [2.75, 3.05) is 0 Å². The number of aromatic nitrogens is 4. The van der Waals surface area contributed by atoms with Gasteiger partial charge in [0.2, 0.25) is 5.89 Å². The molecular weight excluding hydrogens is 411 g/mol. The van der Waals surface area contributed by atoms with E-state index in [2.05, 4.69) is 15.2 Å². The Kier molecular flexibility index (Phi) is 4.85. The van der Waals surface area contributed by atoms with Crippen LogP contribution in [0.5, 0.6) is 0 Å². The first-order valence-electron chi connectivity index (χ1n) is 9.22. The topological polar surface area (TPSA) is 56.7 Å². The first kappa shape index (κ1) is 18.4. The van der Waals surface area contributed by atoms with E-state index in [9.17, 15) is 4.39 Å². The molecular formula is C21H16ClFN4OS. The number of nitrogens with zero attached hydrogens (tertiary/aromatic N) is 4. The summed E-state index contributed by atoms with van der Waals surface area (Å²) in [6.07, 6.45) is 3.79. The Morgan fingerprint density at radius 1 is 1.14 bits per heavy atom. The second-order valence-corrected chi connectivity index (χ2v) is 8.18. The molecule has 0 radical (unpaired) electrons. The van der Waals surface area contributed by atoms with Crippen LogP contribution in [0.2, 0.25) is 5.02 Å². The van der Waals surface area contributed by atoms with E-state index < -0.39 is 0 Å². The molecule has 4 aromatic rings. The molecule has 5 nitrogen and oxygen atoms in total. The predicted octanol–water partition coefficient (Wildman–Crippen LogP) is 6.02. The number of hydrogen-bond acceptors (Lipinski definition) is 5. The van der Waals surface area contributed by atoms with E-state index in [1.807, 2.05) is 28.8 Å². The van der Waals surface area contributed by atoms with Gasteiger partial charge in [-0.15, -0.1) is 10.2 Å². The highest BCUT2D eigenvalue weighted by molar-refractivity contribution is 7.98. The lowest BCUT2D eigenvalue weighted by molar-refractivity contribution is 0.529. The van der Waals surface area contributed by atoms with Crippen LogP contribution in [-0.4, -0.2) is 19.7 Å². The molecule has 1 saturated carbocycles. The molecule has 0 N–H and O–H groups in total. The first-order valence-corrected chi connectivity index (χ1v) is 10.6. The van der Waals surface area contributed by atoms with Gasteiger partial charge in [-0.3, -0.25) is 4.57 Å². The minimum Gasteiger partial charge on any atom is -0.440 e. The van der Waals surface area contributed by atoms with Crippen molar-refractivity contribution in [1.29, 1.82) is 0 Å². The minimum atomic E-state index is -0.294. The van der Waals surface area contributed by atoms with Gasteiger partial charge in [0, 0.05) is 16.6 Å². The molecule has 0 unspecified atom stereocenters. The standard InChI is InChI=1S/C21H16ClFN4OS/c22-14-5-3-4-13(10-14)18-11-24-19(28-18)12-29-21-26-25-20(27(21)15-8-9-15)16-6-1-2-7-17(16)23/h1-7,10-11,15H,8-9,12H2. The molecule has 146 valence electrons. The van der Waals surface area contributed by atoms with Crippen LogP contribution >= 0.6 is 23.4 Å². The van der Waals surface area contributed by atoms with Crippen LogP contribution in [0.4, 0.5) is 4.39 Å². The van der Waals surface area contributed by atoms with E-state index >= 15 is 0 Å². The van der Waals surface area contributed by atoms with E-state index in [0.717, 1.165) is 23.6 Å². The lowest BCUT2D eigenvalue weighted by Gasteiger charge is -2.08. The van der Waals surface area contributed by atoms with Crippen molar-refractivity contribution in [3.63, 3.8) is 0 Å². The van der Waals surface area contributed by atoms with Gasteiger partial charge in [0.1, 0.15) is 5.82 Å². The summed E-state index contributed by atoms with van der Waals surface area (Å²) >= 11 is 7.53. The van der Waals surface area contributed by atoms with Gasteiger partial charge in [-0.25, -0.2) is 9.37 Å². The molecule has 2 aromatic heterocycles. The summed E-state index contributed by atoms with van der Waals surface area (Å²) in [6.45, 7) is 0. The number of thioether (sulfide) groups is 1. The summed E-state index contributed by atoms with van der Waals surface area (Å²) in [7, 11) is 0. The third-order valence-electron chi connectivity index (χ3n) is 4.68. The lowest BCUT2D eigenvalue weighted by atomic mass is 10.2. The van der Waals surface area contributed by atoms with Gasteiger partial charge in [0.05, 0.1) is 17.5 Å². The summed E-state index contributed by atoms with van der Waals surface area (Å²) in [4.78, 5) is 4.36. The fraction of sp³-hybridized carbons (Fsp3) is 0.190. The van der Waals surface area contributed by atoms with Gasteiger partial charge in [-0.1, -0.05) is 47.6 Å². The Bertz CT molecular complexity index is 1170. The zero-order valence-electron chi connectivity index (χ0n) is 15.3. The van der Waals surface area contributed by atoms with E-state index in [1.54, 1.807) is 24.4 Å². The first-order chi connectivity index (χ1) is 14.2. The van der Waals surface area contributed by atoms with E-state index in [0.29, 0.717) is 39.9 Å². The third-order valence-corrected chi connectivity index (χ3v) is 5.84. The van der Waals surface area contributed by atoms with Crippen LogP contribution in [0.15, 0.2) is 64.3 Å². The zero-order chi connectivity index (χ0) is 19.8. The highest BCUT2D eigenvalue weighted by atomic mass is 35.5. The summed E-state index contributed by atoms with van der Waals surface area (Å²) in [5.74, 6) is 2.03. The zero-order valence-corrected chi connectivity index (χ0v) is 16.8. The number of rotatable bonds is 6. The van der Waals surface area contributed by atoms with Gasteiger partial charge in [-0.2, -0.15) is 0 Å². The molecule has 0 amide bonds. The molecule has 2 heterocycles. The molecule has 0 bridgehead atoms. The molecule has 1 fully saturated rings. The van der Waals surface area contributed by atoms with Gasteiger partial charge in [-0.05, 0) is 37.1 Å². The molecule has 2 aromatic carbocycles. The monoisotopic (exact) mass is 426 g/mol. The molecule has 0 spiro atoms. The van der Waals surface area contributed by atoms with Gasteiger partial charge >= 0.3 is 0 Å². The molecule has 5 rings (SSSR count). The van der Waals surface area contributed by atoms with Crippen molar-refractivity contribution in [2.24, 2.45) is 0 Å². The molecule has 0 saturated heterocycles. The summed E-state index contributed by atoms with van der Waals surface area (Å²) in [6, 6.07) is 14.4. The fourth-order valence-corrected chi connectivity index (χ4v) is 4.19. The Labute approximate surface area is 175 Å². The highest BCUT2D eigenvalue weighted by Crippen LogP contribution is 2.42. The van der Waals surface area contributed by atoms with Crippen molar-refractivity contribution in [1.82, 2.24) is 19.7 Å². The highest BCUT2D eigenvalue weighted by Gasteiger charge is 2.31. The van der Waals surface area contributed by atoms with E-state index in [1.165, 1.54) is 17.8 Å². The quantitative estimate of drug-likeness (QED) is 0.353. The van der Waals surface area contributed by atoms with Gasteiger partial charge < -0.3 is 4.42 Å². The van der Waals surface area contributed by atoms with Crippen LogP contribution in [0, 0.1) is 5.82 Å². The Morgan fingerprint density at radius 3 is 2.79 bits per heavy atom. The van der Waals surface area contributed by atoms with Crippen LogP contribution in [-0.2, 0) is 5.75 Å². The number of hydrogen-bond donors (Lipinski definition) is 0. The normalized spacial score (nSPS) is 13.7.